The molecule has 0 saturated heterocycles. The molecule has 3 N–H and O–H groups in total. The number of hydrogen-bond donors (Lipinski definition) is 3. The van der Waals surface area contributed by atoms with Crippen LogP contribution in [0.1, 0.15) is 36.0 Å². The van der Waals surface area contributed by atoms with Crippen LogP contribution in [0.25, 0.3) is 0 Å². The van der Waals surface area contributed by atoms with Crippen LogP contribution in [-0.2, 0) is 10.0 Å². The highest BCUT2D eigenvalue weighted by Crippen LogP contribution is 2.30. The summed E-state index contributed by atoms with van der Waals surface area (Å²) >= 11 is 0. The van der Waals surface area contributed by atoms with Crippen molar-refractivity contribution in [2.75, 3.05) is 13.2 Å². The Bertz CT molecular complexity index is 579. The van der Waals surface area contributed by atoms with Gasteiger partial charge in [-0.05, 0) is 19.3 Å². The van der Waals surface area contributed by atoms with Crippen molar-refractivity contribution < 1.29 is 23.4 Å². The van der Waals surface area contributed by atoms with Gasteiger partial charge in [-0.1, -0.05) is 6.42 Å². The lowest BCUT2D eigenvalue weighted by Crippen LogP contribution is -2.45. The minimum atomic E-state index is -3.94. The van der Waals surface area contributed by atoms with Gasteiger partial charge in [0.1, 0.15) is 5.56 Å². The molecule has 20 heavy (non-hydrogen) atoms. The third-order valence-electron chi connectivity index (χ3n) is 3.42. The Balaban J connectivity index is 2.34. The van der Waals surface area contributed by atoms with Crippen LogP contribution in [0.4, 0.5) is 0 Å². The minimum absolute atomic E-state index is 0.118. The van der Waals surface area contributed by atoms with E-state index in [9.17, 15) is 13.2 Å². The van der Waals surface area contributed by atoms with Crippen LogP contribution in [0.15, 0.2) is 11.2 Å². The normalized spacial score (nSPS) is 16.3. The second-order valence-electron chi connectivity index (χ2n) is 4.70. The molecule has 112 valence electrons. The monoisotopic (exact) mass is 303 g/mol. The molecule has 8 nitrogen and oxygen atoms in total. The molecule has 0 unspecified atom stereocenters. The highest BCUT2D eigenvalue weighted by molar-refractivity contribution is 7.89. The van der Waals surface area contributed by atoms with E-state index in [1.165, 1.54) is 4.31 Å². The van der Waals surface area contributed by atoms with Crippen molar-refractivity contribution in [3.63, 3.8) is 0 Å². The molecule has 9 heteroatoms. The van der Waals surface area contributed by atoms with Crippen LogP contribution in [0.2, 0.25) is 0 Å². The van der Waals surface area contributed by atoms with Crippen molar-refractivity contribution in [2.45, 2.75) is 36.8 Å². The van der Waals surface area contributed by atoms with E-state index < -0.39 is 21.0 Å². The van der Waals surface area contributed by atoms with E-state index in [2.05, 4.69) is 10.2 Å². The molecule has 0 spiro atoms. The van der Waals surface area contributed by atoms with Gasteiger partial charge in [-0.3, -0.25) is 5.10 Å². The van der Waals surface area contributed by atoms with Crippen molar-refractivity contribution in [1.29, 1.82) is 0 Å². The van der Waals surface area contributed by atoms with Gasteiger partial charge < -0.3 is 10.2 Å². The SMILES string of the molecule is O=C(O)c1cn[nH]c1S(=O)(=O)N(CCCO)C1CCC1. The number of aliphatic hydroxyl groups excluding tert-OH is 1. The molecule has 0 bridgehead atoms. The van der Waals surface area contributed by atoms with Gasteiger partial charge >= 0.3 is 5.97 Å². The maximum atomic E-state index is 12.6. The highest BCUT2D eigenvalue weighted by atomic mass is 32.2. The van der Waals surface area contributed by atoms with Crippen molar-refractivity contribution in [2.24, 2.45) is 0 Å². The van der Waals surface area contributed by atoms with Crippen molar-refractivity contribution in [3.8, 4) is 0 Å². The molecule has 1 fully saturated rings. The van der Waals surface area contributed by atoms with Crippen molar-refractivity contribution >= 4 is 16.0 Å². The fourth-order valence-electron chi connectivity index (χ4n) is 2.14. The lowest BCUT2D eigenvalue weighted by atomic mass is 9.93. The third-order valence-corrected chi connectivity index (χ3v) is 5.35. The first kappa shape index (κ1) is 14.9. The molecule has 0 atom stereocenters. The maximum Gasteiger partial charge on any atom is 0.340 e. The molecule has 1 aliphatic rings. The quantitative estimate of drug-likeness (QED) is 0.653. The number of hydrogen-bond acceptors (Lipinski definition) is 5. The number of aromatic nitrogens is 2. The number of aliphatic hydroxyl groups is 1. The lowest BCUT2D eigenvalue weighted by molar-refractivity contribution is 0.0692. The predicted molar refractivity (Wildman–Crippen MR) is 68.8 cm³/mol. The Hall–Kier alpha value is -1.45. The van der Waals surface area contributed by atoms with Gasteiger partial charge in [0.2, 0.25) is 0 Å². The molecular weight excluding hydrogens is 286 g/mol. The van der Waals surface area contributed by atoms with E-state index >= 15 is 0 Å². The number of aromatic carboxylic acids is 1. The molecule has 1 saturated carbocycles. The van der Waals surface area contributed by atoms with E-state index in [1.807, 2.05) is 0 Å². The van der Waals surface area contributed by atoms with Crippen LogP contribution in [0, 0.1) is 0 Å². The van der Waals surface area contributed by atoms with Crippen molar-refractivity contribution in [1.82, 2.24) is 14.5 Å². The first-order valence-electron chi connectivity index (χ1n) is 6.38. The summed E-state index contributed by atoms with van der Waals surface area (Å²) in [5, 5.41) is 23.3. The van der Waals surface area contributed by atoms with Gasteiger partial charge in [0, 0.05) is 19.2 Å². The first-order valence-corrected chi connectivity index (χ1v) is 7.82. The van der Waals surface area contributed by atoms with Crippen molar-refractivity contribution in [3.05, 3.63) is 11.8 Å². The standard InChI is InChI=1S/C11H17N3O5S/c15-6-2-5-14(8-3-1-4-8)20(18,19)10-9(11(16)17)7-12-13-10/h7-8,15H,1-6H2,(H,12,13)(H,16,17). The van der Waals surface area contributed by atoms with Gasteiger partial charge in [0.15, 0.2) is 5.03 Å². The third kappa shape index (κ3) is 2.69. The summed E-state index contributed by atoms with van der Waals surface area (Å²) in [4.78, 5) is 11.0. The zero-order valence-corrected chi connectivity index (χ0v) is 11.6. The zero-order chi connectivity index (χ0) is 14.8. The molecule has 0 radical (unpaired) electrons. The maximum absolute atomic E-state index is 12.6. The summed E-state index contributed by atoms with van der Waals surface area (Å²) in [5.74, 6) is -1.34. The Morgan fingerprint density at radius 2 is 2.20 bits per heavy atom. The number of H-pyrrole nitrogens is 1. The number of carboxylic acids is 1. The Kier molecular flexibility index (Phi) is 4.41. The number of nitrogens with one attached hydrogen (secondary N) is 1. The number of carbonyl (C=O) groups is 1. The van der Waals surface area contributed by atoms with Gasteiger partial charge in [-0.15, -0.1) is 0 Å². The smallest absolute Gasteiger partial charge is 0.340 e. The Morgan fingerprint density at radius 1 is 1.50 bits per heavy atom. The number of nitrogens with zero attached hydrogens (tertiary/aromatic N) is 2. The largest absolute Gasteiger partial charge is 0.478 e. The number of carboxylic acid groups (broad SMARTS) is 1. The summed E-state index contributed by atoms with van der Waals surface area (Å²) in [7, 11) is -3.94. The van der Waals surface area contributed by atoms with Crippen LogP contribution in [0.5, 0.6) is 0 Å². The molecule has 1 aliphatic carbocycles. The molecule has 1 aromatic rings. The predicted octanol–water partition coefficient (Wildman–Crippen LogP) is 0.0335. The molecular formula is C11H17N3O5S. The molecule has 0 amide bonds. The van der Waals surface area contributed by atoms with Gasteiger partial charge in [0.25, 0.3) is 10.0 Å². The highest BCUT2D eigenvalue weighted by Gasteiger charge is 2.37. The first-order chi connectivity index (χ1) is 9.48. The summed E-state index contributed by atoms with van der Waals surface area (Å²) in [6, 6.07) is -0.128. The number of aromatic amines is 1. The minimum Gasteiger partial charge on any atom is -0.478 e. The summed E-state index contributed by atoms with van der Waals surface area (Å²) in [5.41, 5.74) is -0.363. The Morgan fingerprint density at radius 3 is 2.70 bits per heavy atom. The van der Waals surface area contributed by atoms with E-state index in [-0.39, 0.29) is 24.8 Å². The number of rotatable bonds is 7. The van der Waals surface area contributed by atoms with Gasteiger partial charge in [0.05, 0.1) is 6.20 Å². The van der Waals surface area contributed by atoms with Crippen LogP contribution >= 0.6 is 0 Å². The van der Waals surface area contributed by atoms with Gasteiger partial charge in [-0.25, -0.2) is 13.2 Å². The second kappa shape index (κ2) is 5.90. The summed E-state index contributed by atoms with van der Waals surface area (Å²) < 4.78 is 26.4. The van der Waals surface area contributed by atoms with Gasteiger partial charge in [-0.2, -0.15) is 9.40 Å². The van der Waals surface area contributed by atoms with Crippen LogP contribution < -0.4 is 0 Å². The molecule has 0 aliphatic heterocycles. The topological polar surface area (TPSA) is 124 Å². The van der Waals surface area contributed by atoms with E-state index in [1.54, 1.807) is 0 Å². The fourth-order valence-corrected chi connectivity index (χ4v) is 3.93. The molecule has 1 heterocycles. The summed E-state index contributed by atoms with van der Waals surface area (Å²) in [6.07, 6.45) is 3.75. The van der Waals surface area contributed by atoms with Crippen LogP contribution in [0.3, 0.4) is 0 Å². The van der Waals surface area contributed by atoms with Crippen LogP contribution in [-0.4, -0.2) is 58.3 Å². The zero-order valence-electron chi connectivity index (χ0n) is 10.8. The molecule has 2 rings (SSSR count). The average Bonchev–Trinajstić information content (AvgIpc) is 2.81. The lowest BCUT2D eigenvalue weighted by Gasteiger charge is -2.36. The summed E-state index contributed by atoms with van der Waals surface area (Å²) in [6.45, 7) is 0.0507. The fraction of sp³-hybridized carbons (Fsp3) is 0.636. The Labute approximate surface area is 116 Å². The van der Waals surface area contributed by atoms with E-state index in [4.69, 9.17) is 10.2 Å². The van der Waals surface area contributed by atoms with E-state index in [0.717, 1.165) is 25.5 Å². The molecule has 1 aromatic heterocycles. The molecule has 0 aromatic carbocycles. The average molecular weight is 303 g/mol. The second-order valence-corrected chi connectivity index (χ2v) is 6.52. The van der Waals surface area contributed by atoms with E-state index in [0.29, 0.717) is 6.42 Å². The number of sulfonamides is 1.